The van der Waals surface area contributed by atoms with Gasteiger partial charge >= 0.3 is 0 Å². The van der Waals surface area contributed by atoms with Gasteiger partial charge in [-0.3, -0.25) is 0 Å². The van der Waals surface area contributed by atoms with Crippen LogP contribution in [0.4, 0.5) is 5.82 Å². The lowest BCUT2D eigenvalue weighted by Crippen LogP contribution is -2.30. The van der Waals surface area contributed by atoms with Crippen molar-refractivity contribution in [2.75, 3.05) is 26.0 Å². The second-order valence-electron chi connectivity index (χ2n) is 4.99. The van der Waals surface area contributed by atoms with Crippen molar-refractivity contribution in [2.24, 2.45) is 0 Å². The highest BCUT2D eigenvalue weighted by molar-refractivity contribution is 5.92. The monoisotopic (exact) mass is 244 g/mol. The third-order valence-corrected chi connectivity index (χ3v) is 2.89. The number of likely N-dealkylation sites (N-methyl/N-ethyl adjacent to an activating group) is 1. The summed E-state index contributed by atoms with van der Waals surface area (Å²) < 4.78 is 0. The van der Waals surface area contributed by atoms with Crippen molar-refractivity contribution in [1.29, 1.82) is 0 Å². The first-order chi connectivity index (χ1) is 8.58. The molecular formula is C14H20N4. The van der Waals surface area contributed by atoms with Gasteiger partial charge < -0.3 is 10.2 Å². The molecule has 2 aromatic rings. The topological polar surface area (TPSA) is 41.1 Å². The van der Waals surface area contributed by atoms with E-state index in [1.807, 2.05) is 19.1 Å². The number of nitrogens with zero attached hydrogens (tertiary/aromatic N) is 3. The van der Waals surface area contributed by atoms with Crippen LogP contribution >= 0.6 is 0 Å². The van der Waals surface area contributed by atoms with E-state index in [-0.39, 0.29) is 0 Å². The van der Waals surface area contributed by atoms with Gasteiger partial charge in [-0.2, -0.15) is 5.10 Å². The zero-order valence-corrected chi connectivity index (χ0v) is 11.4. The van der Waals surface area contributed by atoms with E-state index in [9.17, 15) is 0 Å². The molecule has 0 bridgehead atoms. The molecule has 1 unspecified atom stereocenters. The Balaban J connectivity index is 2.31. The predicted molar refractivity (Wildman–Crippen MR) is 75.9 cm³/mol. The molecule has 1 atom stereocenters. The van der Waals surface area contributed by atoms with Gasteiger partial charge in [-0.15, -0.1) is 5.10 Å². The molecule has 0 saturated carbocycles. The molecule has 0 spiro atoms. The van der Waals surface area contributed by atoms with Crippen molar-refractivity contribution in [3.05, 3.63) is 30.0 Å². The lowest BCUT2D eigenvalue weighted by Gasteiger charge is -2.19. The van der Waals surface area contributed by atoms with Crippen LogP contribution in [0.2, 0.25) is 0 Å². The van der Waals surface area contributed by atoms with Gasteiger partial charge in [-0.05, 0) is 27.9 Å². The largest absolute Gasteiger partial charge is 0.364 e. The van der Waals surface area contributed by atoms with E-state index in [1.54, 1.807) is 0 Å². The molecule has 1 N–H and O–H groups in total. The zero-order valence-electron chi connectivity index (χ0n) is 11.4. The average Bonchev–Trinajstić information content (AvgIpc) is 2.32. The van der Waals surface area contributed by atoms with Gasteiger partial charge in [-0.25, -0.2) is 0 Å². The molecule has 1 aromatic heterocycles. The summed E-state index contributed by atoms with van der Waals surface area (Å²) >= 11 is 0. The minimum Gasteiger partial charge on any atom is -0.364 e. The standard InChI is InChI=1S/C14H20N4/c1-10(9-18(3)4)15-14-13-8-6-5-7-12(13)11(2)16-17-14/h5-8,10H,9H2,1-4H3,(H,15,17). The van der Waals surface area contributed by atoms with Gasteiger partial charge in [-0.1, -0.05) is 24.3 Å². The minimum absolute atomic E-state index is 0.334. The molecule has 0 fully saturated rings. The SMILES string of the molecule is Cc1nnc(NC(C)CN(C)C)c2ccccc12. The molecule has 0 aliphatic rings. The van der Waals surface area contributed by atoms with Gasteiger partial charge in [0, 0.05) is 23.4 Å². The first-order valence-corrected chi connectivity index (χ1v) is 6.21. The molecule has 0 radical (unpaired) electrons. The highest BCUT2D eigenvalue weighted by Gasteiger charge is 2.09. The van der Waals surface area contributed by atoms with Gasteiger partial charge in [0.25, 0.3) is 0 Å². The number of anilines is 1. The first kappa shape index (κ1) is 12.8. The van der Waals surface area contributed by atoms with Crippen molar-refractivity contribution in [3.63, 3.8) is 0 Å². The smallest absolute Gasteiger partial charge is 0.156 e. The van der Waals surface area contributed by atoms with E-state index >= 15 is 0 Å². The summed E-state index contributed by atoms with van der Waals surface area (Å²) in [6.45, 7) is 5.10. The highest BCUT2D eigenvalue weighted by Crippen LogP contribution is 2.22. The number of aryl methyl sites for hydroxylation is 1. The third kappa shape index (κ3) is 2.76. The van der Waals surface area contributed by atoms with Crippen LogP contribution in [-0.2, 0) is 0 Å². The summed E-state index contributed by atoms with van der Waals surface area (Å²) in [4.78, 5) is 2.15. The highest BCUT2D eigenvalue weighted by atomic mass is 15.2. The van der Waals surface area contributed by atoms with E-state index < -0.39 is 0 Å². The van der Waals surface area contributed by atoms with E-state index in [0.717, 1.165) is 28.8 Å². The maximum atomic E-state index is 4.27. The van der Waals surface area contributed by atoms with Crippen LogP contribution in [0.3, 0.4) is 0 Å². The first-order valence-electron chi connectivity index (χ1n) is 6.21. The molecule has 1 aromatic carbocycles. The lowest BCUT2D eigenvalue weighted by atomic mass is 10.1. The van der Waals surface area contributed by atoms with Crippen LogP contribution in [0.15, 0.2) is 24.3 Å². The fourth-order valence-electron chi connectivity index (χ4n) is 2.17. The molecule has 2 rings (SSSR count). The van der Waals surface area contributed by atoms with Gasteiger partial charge in [0.15, 0.2) is 5.82 Å². The van der Waals surface area contributed by atoms with Crippen LogP contribution < -0.4 is 5.32 Å². The van der Waals surface area contributed by atoms with Crippen LogP contribution in [0.1, 0.15) is 12.6 Å². The Morgan fingerprint density at radius 1 is 1.17 bits per heavy atom. The third-order valence-electron chi connectivity index (χ3n) is 2.89. The van der Waals surface area contributed by atoms with Crippen LogP contribution in [0.25, 0.3) is 10.8 Å². The average molecular weight is 244 g/mol. The van der Waals surface area contributed by atoms with Crippen molar-refractivity contribution < 1.29 is 0 Å². The second kappa shape index (κ2) is 5.31. The Bertz CT molecular complexity index is 536. The molecule has 96 valence electrons. The summed E-state index contributed by atoms with van der Waals surface area (Å²) in [7, 11) is 4.13. The molecule has 0 aliphatic carbocycles. The molecule has 0 saturated heterocycles. The fraction of sp³-hybridized carbons (Fsp3) is 0.429. The maximum absolute atomic E-state index is 4.27. The predicted octanol–water partition coefficient (Wildman–Crippen LogP) is 2.30. The second-order valence-corrected chi connectivity index (χ2v) is 4.99. The summed E-state index contributed by atoms with van der Waals surface area (Å²) in [5.74, 6) is 0.866. The fourth-order valence-corrected chi connectivity index (χ4v) is 2.17. The minimum atomic E-state index is 0.334. The Kier molecular flexibility index (Phi) is 3.77. The van der Waals surface area contributed by atoms with Gasteiger partial charge in [0.1, 0.15) is 0 Å². The molecular weight excluding hydrogens is 224 g/mol. The zero-order chi connectivity index (χ0) is 13.1. The molecule has 0 aliphatic heterocycles. The van der Waals surface area contributed by atoms with E-state index in [4.69, 9.17) is 0 Å². The lowest BCUT2D eigenvalue weighted by molar-refractivity contribution is 0.392. The van der Waals surface area contributed by atoms with Crippen molar-refractivity contribution in [3.8, 4) is 0 Å². The summed E-state index contributed by atoms with van der Waals surface area (Å²) in [6, 6.07) is 8.57. The Morgan fingerprint density at radius 2 is 1.83 bits per heavy atom. The molecule has 18 heavy (non-hydrogen) atoms. The van der Waals surface area contributed by atoms with Crippen LogP contribution in [0, 0.1) is 6.92 Å². The number of fused-ring (bicyclic) bond motifs is 1. The number of nitrogens with one attached hydrogen (secondary N) is 1. The van der Waals surface area contributed by atoms with E-state index in [0.29, 0.717) is 6.04 Å². The summed E-state index contributed by atoms with van der Waals surface area (Å²) in [5.41, 5.74) is 0.969. The summed E-state index contributed by atoms with van der Waals surface area (Å²) in [6.07, 6.45) is 0. The maximum Gasteiger partial charge on any atom is 0.156 e. The van der Waals surface area contributed by atoms with Crippen molar-refractivity contribution in [1.82, 2.24) is 15.1 Å². The van der Waals surface area contributed by atoms with Gasteiger partial charge in [0.2, 0.25) is 0 Å². The molecule has 0 amide bonds. The summed E-state index contributed by atoms with van der Waals surface area (Å²) in [5, 5.41) is 14.2. The van der Waals surface area contributed by atoms with E-state index in [2.05, 4.69) is 53.6 Å². The Morgan fingerprint density at radius 3 is 2.50 bits per heavy atom. The normalized spacial score (nSPS) is 12.9. The van der Waals surface area contributed by atoms with Gasteiger partial charge in [0.05, 0.1) is 5.69 Å². The Hall–Kier alpha value is -1.68. The molecule has 4 nitrogen and oxygen atoms in total. The molecule has 1 heterocycles. The van der Waals surface area contributed by atoms with Crippen molar-refractivity contribution in [2.45, 2.75) is 19.9 Å². The molecule has 4 heteroatoms. The number of benzene rings is 1. The number of hydrogen-bond acceptors (Lipinski definition) is 4. The number of aromatic nitrogens is 2. The van der Waals surface area contributed by atoms with Crippen LogP contribution in [-0.4, -0.2) is 41.8 Å². The van der Waals surface area contributed by atoms with Crippen LogP contribution in [0.5, 0.6) is 0 Å². The Labute approximate surface area is 108 Å². The van der Waals surface area contributed by atoms with Crippen molar-refractivity contribution >= 4 is 16.6 Å². The number of hydrogen-bond donors (Lipinski definition) is 1. The van der Waals surface area contributed by atoms with E-state index in [1.165, 1.54) is 0 Å². The quantitative estimate of drug-likeness (QED) is 0.896. The number of rotatable bonds is 4.